The van der Waals surface area contributed by atoms with E-state index in [0.29, 0.717) is 6.61 Å². The monoisotopic (exact) mass is 248 g/mol. The molecule has 1 rings (SSSR count). The minimum Gasteiger partial charge on any atom is -0.497 e. The summed E-state index contributed by atoms with van der Waals surface area (Å²) in [6.45, 7) is 6.34. The average molecular weight is 248 g/mol. The second-order valence-corrected chi connectivity index (χ2v) is 4.88. The van der Waals surface area contributed by atoms with E-state index in [1.807, 2.05) is 39.0 Å². The van der Waals surface area contributed by atoms with Gasteiger partial charge in [-0.25, -0.2) is 0 Å². The first kappa shape index (κ1) is 14.6. The molecule has 1 aromatic carbocycles. The van der Waals surface area contributed by atoms with Crippen molar-refractivity contribution in [1.82, 2.24) is 0 Å². The number of aliphatic hydroxyl groups excluding tert-OH is 1. The molecule has 0 aliphatic heterocycles. The number of aliphatic hydroxyl groups is 1. The molecule has 18 heavy (non-hydrogen) atoms. The fourth-order valence-corrected chi connectivity index (χ4v) is 1.37. The summed E-state index contributed by atoms with van der Waals surface area (Å²) in [5.41, 5.74) is 1.62. The van der Waals surface area contributed by atoms with Crippen molar-refractivity contribution in [3.63, 3.8) is 0 Å². The summed E-state index contributed by atoms with van der Waals surface area (Å²) in [4.78, 5) is 0. The van der Waals surface area contributed by atoms with Crippen LogP contribution in [-0.2, 0) is 11.3 Å². The van der Waals surface area contributed by atoms with Gasteiger partial charge in [0.25, 0.3) is 0 Å². The smallest absolute Gasteiger partial charge is 0.119 e. The Kier molecular flexibility index (Phi) is 5.21. The minimum absolute atomic E-state index is 0.147. The van der Waals surface area contributed by atoms with Crippen LogP contribution >= 0.6 is 0 Å². The summed E-state index contributed by atoms with van der Waals surface area (Å²) < 4.78 is 10.9. The van der Waals surface area contributed by atoms with E-state index in [1.165, 1.54) is 0 Å². The molecular formula is C15H20O3. The largest absolute Gasteiger partial charge is 0.497 e. The zero-order valence-electron chi connectivity index (χ0n) is 11.4. The van der Waals surface area contributed by atoms with E-state index in [-0.39, 0.29) is 12.2 Å². The van der Waals surface area contributed by atoms with Gasteiger partial charge in [-0.05, 0) is 44.5 Å². The first-order chi connectivity index (χ1) is 8.46. The van der Waals surface area contributed by atoms with Gasteiger partial charge in [-0.2, -0.15) is 0 Å². The van der Waals surface area contributed by atoms with Gasteiger partial charge >= 0.3 is 0 Å². The Morgan fingerprint density at radius 3 is 2.56 bits per heavy atom. The van der Waals surface area contributed by atoms with Crippen molar-refractivity contribution in [1.29, 1.82) is 0 Å². The van der Waals surface area contributed by atoms with Gasteiger partial charge in [-0.3, -0.25) is 0 Å². The molecule has 0 atom stereocenters. The second kappa shape index (κ2) is 6.44. The van der Waals surface area contributed by atoms with Gasteiger partial charge in [-0.15, -0.1) is 0 Å². The van der Waals surface area contributed by atoms with E-state index in [2.05, 4.69) is 11.8 Å². The Balaban J connectivity index is 2.96. The molecule has 0 spiro atoms. The molecule has 1 N–H and O–H groups in total. The van der Waals surface area contributed by atoms with E-state index in [0.717, 1.165) is 16.9 Å². The normalized spacial score (nSPS) is 10.7. The van der Waals surface area contributed by atoms with Crippen LogP contribution in [0.3, 0.4) is 0 Å². The van der Waals surface area contributed by atoms with E-state index in [9.17, 15) is 0 Å². The van der Waals surface area contributed by atoms with Crippen LogP contribution in [0.25, 0.3) is 0 Å². The van der Waals surface area contributed by atoms with Crippen molar-refractivity contribution in [2.75, 3.05) is 13.7 Å². The molecule has 0 bridgehead atoms. The molecule has 98 valence electrons. The van der Waals surface area contributed by atoms with Gasteiger partial charge < -0.3 is 14.6 Å². The van der Waals surface area contributed by atoms with Crippen LogP contribution in [0.15, 0.2) is 18.2 Å². The highest BCUT2D eigenvalue weighted by Crippen LogP contribution is 2.20. The summed E-state index contributed by atoms with van der Waals surface area (Å²) in [5.74, 6) is 6.34. The second-order valence-electron chi connectivity index (χ2n) is 4.88. The molecule has 0 fully saturated rings. The van der Waals surface area contributed by atoms with Crippen LogP contribution in [-0.4, -0.2) is 24.4 Å². The van der Waals surface area contributed by atoms with Crippen LogP contribution in [0.4, 0.5) is 0 Å². The standard InChI is InChI=1S/C15H20O3/c1-15(2,3)18-11-13-10-14(17-4)8-7-12(13)6-5-9-16/h7-8,10,16H,9,11H2,1-4H3. The molecule has 0 aliphatic rings. The topological polar surface area (TPSA) is 38.7 Å². The van der Waals surface area contributed by atoms with Crippen molar-refractivity contribution >= 4 is 0 Å². The molecule has 0 saturated carbocycles. The maximum Gasteiger partial charge on any atom is 0.119 e. The van der Waals surface area contributed by atoms with Gasteiger partial charge in [0.15, 0.2) is 0 Å². The summed E-state index contributed by atoms with van der Waals surface area (Å²) in [7, 11) is 1.63. The van der Waals surface area contributed by atoms with Gasteiger partial charge in [-0.1, -0.05) is 11.8 Å². The first-order valence-electron chi connectivity index (χ1n) is 5.87. The molecule has 0 heterocycles. The first-order valence-corrected chi connectivity index (χ1v) is 5.87. The van der Waals surface area contributed by atoms with Gasteiger partial charge in [0.2, 0.25) is 0 Å². The van der Waals surface area contributed by atoms with Crippen molar-refractivity contribution < 1.29 is 14.6 Å². The van der Waals surface area contributed by atoms with Gasteiger partial charge in [0.05, 0.1) is 19.3 Å². The zero-order chi connectivity index (χ0) is 13.6. The number of benzene rings is 1. The van der Waals surface area contributed by atoms with Crippen LogP contribution in [0, 0.1) is 11.8 Å². The van der Waals surface area contributed by atoms with Crippen molar-refractivity contribution in [2.45, 2.75) is 33.0 Å². The Labute approximate surface area is 109 Å². The summed E-state index contributed by atoms with van der Waals surface area (Å²) in [5, 5.41) is 8.75. The number of hydrogen-bond acceptors (Lipinski definition) is 3. The maximum atomic E-state index is 8.75. The average Bonchev–Trinajstić information content (AvgIpc) is 2.33. The fraction of sp³-hybridized carbons (Fsp3) is 0.467. The lowest BCUT2D eigenvalue weighted by atomic mass is 10.1. The summed E-state index contributed by atoms with van der Waals surface area (Å²) in [6, 6.07) is 5.64. The third-order valence-corrected chi connectivity index (χ3v) is 2.28. The van der Waals surface area contributed by atoms with Crippen LogP contribution in [0.2, 0.25) is 0 Å². The fourth-order valence-electron chi connectivity index (χ4n) is 1.37. The summed E-state index contributed by atoms with van der Waals surface area (Å²) in [6.07, 6.45) is 0. The molecule has 0 aromatic heterocycles. The van der Waals surface area contributed by atoms with Gasteiger partial charge in [0.1, 0.15) is 12.4 Å². The van der Waals surface area contributed by atoms with E-state index >= 15 is 0 Å². The SMILES string of the molecule is COc1ccc(C#CCO)c(COC(C)(C)C)c1. The molecule has 0 radical (unpaired) electrons. The van der Waals surface area contributed by atoms with Crippen molar-refractivity contribution in [3.8, 4) is 17.6 Å². The predicted molar refractivity (Wildman–Crippen MR) is 71.5 cm³/mol. The van der Waals surface area contributed by atoms with Crippen molar-refractivity contribution in [2.24, 2.45) is 0 Å². The maximum absolute atomic E-state index is 8.75. The number of methoxy groups -OCH3 is 1. The van der Waals surface area contributed by atoms with E-state index in [4.69, 9.17) is 14.6 Å². The Morgan fingerprint density at radius 2 is 2.00 bits per heavy atom. The number of hydrogen-bond donors (Lipinski definition) is 1. The van der Waals surface area contributed by atoms with E-state index in [1.54, 1.807) is 7.11 Å². The molecule has 3 heteroatoms. The Hall–Kier alpha value is -1.50. The number of ether oxygens (including phenoxy) is 2. The highest BCUT2D eigenvalue weighted by molar-refractivity contribution is 5.45. The number of rotatable bonds is 3. The quantitative estimate of drug-likeness (QED) is 0.835. The van der Waals surface area contributed by atoms with Crippen LogP contribution in [0.5, 0.6) is 5.75 Å². The van der Waals surface area contributed by atoms with Crippen molar-refractivity contribution in [3.05, 3.63) is 29.3 Å². The minimum atomic E-state index is -0.204. The highest BCUT2D eigenvalue weighted by Gasteiger charge is 2.12. The van der Waals surface area contributed by atoms with Crippen LogP contribution in [0.1, 0.15) is 31.9 Å². The molecule has 1 aromatic rings. The Morgan fingerprint density at radius 1 is 1.28 bits per heavy atom. The van der Waals surface area contributed by atoms with Gasteiger partial charge in [0, 0.05) is 5.56 Å². The molecule has 0 unspecified atom stereocenters. The molecule has 0 amide bonds. The lowest BCUT2D eigenvalue weighted by Crippen LogP contribution is -2.19. The molecule has 0 saturated heterocycles. The lowest BCUT2D eigenvalue weighted by Gasteiger charge is -2.20. The Bertz CT molecular complexity index is 447. The summed E-state index contributed by atoms with van der Waals surface area (Å²) >= 11 is 0. The zero-order valence-corrected chi connectivity index (χ0v) is 11.4. The predicted octanol–water partition coefficient (Wildman–Crippen LogP) is 2.35. The molecular weight excluding hydrogens is 228 g/mol. The molecule has 0 aliphatic carbocycles. The van der Waals surface area contributed by atoms with Crippen LogP contribution < -0.4 is 4.74 Å². The third-order valence-electron chi connectivity index (χ3n) is 2.28. The highest BCUT2D eigenvalue weighted by atomic mass is 16.5. The lowest BCUT2D eigenvalue weighted by molar-refractivity contribution is -0.0151. The third kappa shape index (κ3) is 4.79. The van der Waals surface area contributed by atoms with E-state index < -0.39 is 0 Å². The molecule has 3 nitrogen and oxygen atoms in total.